The van der Waals surface area contributed by atoms with Crippen molar-refractivity contribution in [3.05, 3.63) is 42.2 Å². The Hall–Kier alpha value is -1.75. The van der Waals surface area contributed by atoms with Gasteiger partial charge in [-0.1, -0.05) is 0 Å². The third-order valence-corrected chi connectivity index (χ3v) is 2.54. The van der Waals surface area contributed by atoms with Crippen LogP contribution in [0.2, 0.25) is 0 Å². The van der Waals surface area contributed by atoms with E-state index < -0.39 is 6.10 Å². The molecule has 5 heteroatoms. The van der Waals surface area contributed by atoms with Crippen LogP contribution in [0.3, 0.4) is 0 Å². The average Bonchev–Trinajstić information content (AvgIpc) is 2.79. The Morgan fingerprint density at radius 3 is 2.76 bits per heavy atom. The molecular formula is C12H16N4O. The van der Waals surface area contributed by atoms with E-state index in [-0.39, 0.29) is 0 Å². The highest BCUT2D eigenvalue weighted by molar-refractivity contribution is 5.08. The van der Waals surface area contributed by atoms with Crippen molar-refractivity contribution >= 4 is 0 Å². The molecule has 90 valence electrons. The van der Waals surface area contributed by atoms with Gasteiger partial charge in [0.2, 0.25) is 0 Å². The van der Waals surface area contributed by atoms with Crippen molar-refractivity contribution in [2.45, 2.75) is 32.4 Å². The molecule has 0 aliphatic carbocycles. The van der Waals surface area contributed by atoms with Gasteiger partial charge < -0.3 is 5.11 Å². The molecule has 0 saturated carbocycles. The number of aliphatic hydroxyl groups is 1. The van der Waals surface area contributed by atoms with Gasteiger partial charge in [0.25, 0.3) is 0 Å². The molecule has 0 aromatic carbocycles. The van der Waals surface area contributed by atoms with Crippen molar-refractivity contribution in [2.24, 2.45) is 0 Å². The topological polar surface area (TPSA) is 63.8 Å². The van der Waals surface area contributed by atoms with Gasteiger partial charge in [-0.15, -0.1) is 0 Å². The third kappa shape index (κ3) is 2.88. The summed E-state index contributed by atoms with van der Waals surface area (Å²) < 4.78 is 1.88. The molecule has 0 aliphatic heterocycles. The smallest absolute Gasteiger partial charge is 0.115 e. The van der Waals surface area contributed by atoms with E-state index in [1.165, 1.54) is 6.33 Å². The van der Waals surface area contributed by atoms with Crippen molar-refractivity contribution in [1.29, 1.82) is 0 Å². The summed E-state index contributed by atoms with van der Waals surface area (Å²) in [5, 5.41) is 14.4. The van der Waals surface area contributed by atoms with Gasteiger partial charge in [-0.25, -0.2) is 9.97 Å². The van der Waals surface area contributed by atoms with Gasteiger partial charge in [0.15, 0.2) is 0 Å². The zero-order valence-electron chi connectivity index (χ0n) is 9.98. The van der Waals surface area contributed by atoms with Crippen LogP contribution in [0.25, 0.3) is 0 Å². The van der Waals surface area contributed by atoms with E-state index in [0.717, 1.165) is 5.69 Å². The van der Waals surface area contributed by atoms with Crippen LogP contribution >= 0.6 is 0 Å². The first-order chi connectivity index (χ1) is 8.16. The number of hydrogen-bond donors (Lipinski definition) is 1. The molecule has 2 rings (SSSR count). The lowest BCUT2D eigenvalue weighted by atomic mass is 10.1. The van der Waals surface area contributed by atoms with Crippen molar-refractivity contribution in [3.8, 4) is 0 Å². The monoisotopic (exact) mass is 232 g/mol. The molecule has 0 bridgehead atoms. The fraction of sp³-hybridized carbons (Fsp3) is 0.417. The van der Waals surface area contributed by atoms with Gasteiger partial charge in [0.1, 0.15) is 12.4 Å². The van der Waals surface area contributed by atoms with Crippen LogP contribution in [-0.2, 0) is 6.42 Å². The van der Waals surface area contributed by atoms with E-state index in [2.05, 4.69) is 28.9 Å². The van der Waals surface area contributed by atoms with E-state index in [1.807, 2.05) is 16.9 Å². The maximum Gasteiger partial charge on any atom is 0.115 e. The van der Waals surface area contributed by atoms with Gasteiger partial charge in [-0.05, 0) is 26.0 Å². The number of rotatable bonds is 4. The van der Waals surface area contributed by atoms with E-state index in [0.29, 0.717) is 18.2 Å². The van der Waals surface area contributed by atoms with Crippen LogP contribution in [0, 0.1) is 0 Å². The van der Waals surface area contributed by atoms with Crippen LogP contribution in [0.4, 0.5) is 0 Å². The Labute approximate surface area is 100 Å². The minimum atomic E-state index is -0.631. The summed E-state index contributed by atoms with van der Waals surface area (Å²) in [4.78, 5) is 7.84. The molecule has 0 fully saturated rings. The Kier molecular flexibility index (Phi) is 3.49. The molecule has 17 heavy (non-hydrogen) atoms. The molecule has 0 amide bonds. The average molecular weight is 232 g/mol. The highest BCUT2D eigenvalue weighted by Gasteiger charge is 2.12. The van der Waals surface area contributed by atoms with Crippen LogP contribution in [0.5, 0.6) is 0 Å². The second kappa shape index (κ2) is 5.05. The Morgan fingerprint density at radius 2 is 2.18 bits per heavy atom. The fourth-order valence-electron chi connectivity index (χ4n) is 1.57. The first-order valence-electron chi connectivity index (χ1n) is 5.65. The number of aromatic nitrogens is 4. The summed E-state index contributed by atoms with van der Waals surface area (Å²) in [6.45, 7) is 4.13. The van der Waals surface area contributed by atoms with Crippen molar-refractivity contribution in [2.75, 3.05) is 0 Å². The van der Waals surface area contributed by atoms with Crippen LogP contribution in [0.15, 0.2) is 30.9 Å². The highest BCUT2D eigenvalue weighted by atomic mass is 16.3. The van der Waals surface area contributed by atoms with Crippen LogP contribution in [0.1, 0.15) is 37.4 Å². The minimum Gasteiger partial charge on any atom is -0.386 e. The second-order valence-electron chi connectivity index (χ2n) is 4.24. The van der Waals surface area contributed by atoms with E-state index in [4.69, 9.17) is 0 Å². The van der Waals surface area contributed by atoms with E-state index in [1.54, 1.807) is 12.3 Å². The standard InChI is InChI=1S/C12H16N4O/c1-9(2)16-6-4-10(15-16)7-12(17)11-3-5-13-8-14-11/h3-6,8-9,12,17H,7H2,1-2H3. The SMILES string of the molecule is CC(C)n1ccc(CC(O)c2ccncn2)n1. The summed E-state index contributed by atoms with van der Waals surface area (Å²) in [5.41, 5.74) is 1.49. The first kappa shape index (κ1) is 11.7. The third-order valence-electron chi connectivity index (χ3n) is 2.54. The van der Waals surface area contributed by atoms with Crippen LogP contribution in [-0.4, -0.2) is 24.9 Å². The van der Waals surface area contributed by atoms with Crippen molar-refractivity contribution < 1.29 is 5.11 Å². The lowest BCUT2D eigenvalue weighted by Crippen LogP contribution is -2.06. The lowest BCUT2D eigenvalue weighted by molar-refractivity contribution is 0.172. The number of nitrogens with zero attached hydrogens (tertiary/aromatic N) is 4. The second-order valence-corrected chi connectivity index (χ2v) is 4.24. The molecular weight excluding hydrogens is 216 g/mol. The normalized spacial score (nSPS) is 12.9. The molecule has 1 N–H and O–H groups in total. The molecule has 0 aliphatic rings. The van der Waals surface area contributed by atoms with E-state index >= 15 is 0 Å². The molecule has 5 nitrogen and oxygen atoms in total. The summed E-state index contributed by atoms with van der Waals surface area (Å²) in [6, 6.07) is 3.97. The van der Waals surface area contributed by atoms with Gasteiger partial charge in [-0.2, -0.15) is 5.10 Å². The first-order valence-corrected chi connectivity index (χ1v) is 5.65. The van der Waals surface area contributed by atoms with Gasteiger partial charge in [0.05, 0.1) is 11.4 Å². The van der Waals surface area contributed by atoms with Crippen LogP contribution < -0.4 is 0 Å². The van der Waals surface area contributed by atoms with Gasteiger partial charge in [-0.3, -0.25) is 4.68 Å². The minimum absolute atomic E-state index is 0.333. The maximum atomic E-state index is 9.98. The molecule has 1 atom stereocenters. The summed E-state index contributed by atoms with van der Waals surface area (Å²) in [7, 11) is 0. The Bertz CT molecular complexity index is 466. The molecule has 2 aromatic heterocycles. The number of aliphatic hydroxyl groups excluding tert-OH is 1. The van der Waals surface area contributed by atoms with Gasteiger partial charge in [0, 0.05) is 24.9 Å². The highest BCUT2D eigenvalue weighted by Crippen LogP contribution is 2.15. The Balaban J connectivity index is 2.05. The zero-order valence-corrected chi connectivity index (χ0v) is 9.98. The quantitative estimate of drug-likeness (QED) is 0.868. The predicted molar refractivity (Wildman–Crippen MR) is 63.3 cm³/mol. The zero-order chi connectivity index (χ0) is 12.3. The maximum absolute atomic E-state index is 9.98. The summed E-state index contributed by atoms with van der Waals surface area (Å²) in [5.74, 6) is 0. The molecule has 2 aromatic rings. The number of hydrogen-bond acceptors (Lipinski definition) is 4. The molecule has 0 saturated heterocycles. The molecule has 0 radical (unpaired) electrons. The van der Waals surface area contributed by atoms with E-state index in [9.17, 15) is 5.11 Å². The summed E-state index contributed by atoms with van der Waals surface area (Å²) in [6.07, 6.45) is 4.82. The molecule has 0 spiro atoms. The predicted octanol–water partition coefficient (Wildman–Crippen LogP) is 1.53. The van der Waals surface area contributed by atoms with Crippen molar-refractivity contribution in [1.82, 2.24) is 19.7 Å². The largest absolute Gasteiger partial charge is 0.386 e. The van der Waals surface area contributed by atoms with Gasteiger partial charge >= 0.3 is 0 Å². The lowest BCUT2D eigenvalue weighted by Gasteiger charge is -2.08. The summed E-state index contributed by atoms with van der Waals surface area (Å²) >= 11 is 0. The molecule has 1 unspecified atom stereocenters. The molecule has 2 heterocycles. The Morgan fingerprint density at radius 1 is 1.35 bits per heavy atom. The van der Waals surface area contributed by atoms with Crippen molar-refractivity contribution in [3.63, 3.8) is 0 Å². The fourth-order valence-corrected chi connectivity index (χ4v) is 1.57.